The fourth-order valence-corrected chi connectivity index (χ4v) is 5.37. The van der Waals surface area contributed by atoms with E-state index in [0.29, 0.717) is 42.5 Å². The van der Waals surface area contributed by atoms with Crippen LogP contribution in [0.3, 0.4) is 0 Å². The number of aromatic nitrogens is 1. The standard InChI is InChI=1S/C20H26ClN3O3S/c1-15-19(28(26,27)24-12-4-3-5-13-24)14-18(23(15)2)20(25)22-11-10-16-6-8-17(21)9-7-16/h6-9,14H,3-5,10-13H2,1-2H3,(H,22,25). The topological polar surface area (TPSA) is 71.4 Å². The predicted molar refractivity (Wildman–Crippen MR) is 110 cm³/mol. The largest absolute Gasteiger partial charge is 0.350 e. The summed E-state index contributed by atoms with van der Waals surface area (Å²) in [7, 11) is -1.85. The van der Waals surface area contributed by atoms with Crippen molar-refractivity contribution in [1.29, 1.82) is 0 Å². The van der Waals surface area contributed by atoms with Crippen molar-refractivity contribution in [2.24, 2.45) is 7.05 Å². The van der Waals surface area contributed by atoms with Gasteiger partial charge in [0.15, 0.2) is 0 Å². The number of carbonyl (C=O) groups is 1. The van der Waals surface area contributed by atoms with E-state index >= 15 is 0 Å². The van der Waals surface area contributed by atoms with Crippen molar-refractivity contribution in [2.75, 3.05) is 19.6 Å². The molecule has 8 heteroatoms. The molecular formula is C20H26ClN3O3S. The minimum absolute atomic E-state index is 0.222. The van der Waals surface area contributed by atoms with Gasteiger partial charge in [-0.15, -0.1) is 0 Å². The second-order valence-corrected chi connectivity index (χ2v) is 9.48. The number of carbonyl (C=O) groups excluding carboxylic acids is 1. The zero-order chi connectivity index (χ0) is 20.3. The molecule has 1 saturated heterocycles. The molecule has 1 N–H and O–H groups in total. The summed E-state index contributed by atoms with van der Waals surface area (Å²) in [6.07, 6.45) is 3.48. The fraction of sp³-hybridized carbons (Fsp3) is 0.450. The summed E-state index contributed by atoms with van der Waals surface area (Å²) in [6.45, 7) is 3.28. The second-order valence-electron chi connectivity index (χ2n) is 7.14. The zero-order valence-corrected chi connectivity index (χ0v) is 17.8. The molecule has 2 aromatic rings. The van der Waals surface area contributed by atoms with E-state index in [1.165, 1.54) is 10.4 Å². The Morgan fingerprint density at radius 2 is 1.79 bits per heavy atom. The quantitative estimate of drug-likeness (QED) is 0.775. The molecule has 0 atom stereocenters. The van der Waals surface area contributed by atoms with E-state index in [2.05, 4.69) is 5.32 Å². The molecule has 0 unspecified atom stereocenters. The molecule has 0 radical (unpaired) electrons. The fourth-order valence-electron chi connectivity index (χ4n) is 3.46. The first-order chi connectivity index (χ1) is 13.3. The average molecular weight is 424 g/mol. The van der Waals surface area contributed by atoms with Crippen LogP contribution in [-0.4, -0.2) is 42.8 Å². The van der Waals surface area contributed by atoms with Crippen LogP contribution < -0.4 is 5.32 Å². The normalized spacial score (nSPS) is 15.5. The Hall–Kier alpha value is -1.83. The van der Waals surface area contributed by atoms with Gasteiger partial charge in [-0.3, -0.25) is 4.79 Å². The predicted octanol–water partition coefficient (Wildman–Crippen LogP) is 3.13. The van der Waals surface area contributed by atoms with Crippen molar-refractivity contribution in [1.82, 2.24) is 14.2 Å². The van der Waals surface area contributed by atoms with Crippen molar-refractivity contribution in [3.63, 3.8) is 0 Å². The molecule has 0 bridgehead atoms. The van der Waals surface area contributed by atoms with Gasteiger partial charge in [-0.1, -0.05) is 30.2 Å². The highest BCUT2D eigenvalue weighted by atomic mass is 35.5. The zero-order valence-electron chi connectivity index (χ0n) is 16.2. The van der Waals surface area contributed by atoms with E-state index in [-0.39, 0.29) is 10.8 Å². The first-order valence-corrected chi connectivity index (χ1v) is 11.3. The number of rotatable bonds is 6. The summed E-state index contributed by atoms with van der Waals surface area (Å²) in [4.78, 5) is 12.8. The van der Waals surface area contributed by atoms with Crippen LogP contribution in [0.15, 0.2) is 35.2 Å². The lowest BCUT2D eigenvalue weighted by Crippen LogP contribution is -2.35. The minimum atomic E-state index is -3.58. The van der Waals surface area contributed by atoms with Gasteiger partial charge >= 0.3 is 0 Å². The molecule has 1 aromatic carbocycles. The third-order valence-corrected chi connectivity index (χ3v) is 7.53. The molecule has 1 amide bonds. The summed E-state index contributed by atoms with van der Waals surface area (Å²) in [5.41, 5.74) is 2.00. The van der Waals surface area contributed by atoms with E-state index in [1.54, 1.807) is 18.5 Å². The molecule has 152 valence electrons. The molecule has 0 spiro atoms. The van der Waals surface area contributed by atoms with Crippen LogP contribution in [-0.2, 0) is 23.5 Å². The lowest BCUT2D eigenvalue weighted by atomic mass is 10.1. The highest BCUT2D eigenvalue weighted by Gasteiger charge is 2.30. The molecule has 3 rings (SSSR count). The van der Waals surface area contributed by atoms with Gasteiger partial charge in [-0.2, -0.15) is 4.31 Å². The Kier molecular flexibility index (Phi) is 6.47. The molecule has 0 saturated carbocycles. The molecule has 1 aliphatic rings. The minimum Gasteiger partial charge on any atom is -0.350 e. The molecule has 1 aromatic heterocycles. The van der Waals surface area contributed by atoms with Crippen molar-refractivity contribution in [2.45, 2.75) is 37.5 Å². The number of hydrogen-bond donors (Lipinski definition) is 1. The van der Waals surface area contributed by atoms with Crippen LogP contribution >= 0.6 is 11.6 Å². The lowest BCUT2D eigenvalue weighted by Gasteiger charge is -2.25. The Morgan fingerprint density at radius 3 is 2.43 bits per heavy atom. The summed E-state index contributed by atoms with van der Waals surface area (Å²) >= 11 is 5.88. The van der Waals surface area contributed by atoms with Gasteiger partial charge in [0.1, 0.15) is 10.6 Å². The van der Waals surface area contributed by atoms with Crippen molar-refractivity contribution in [3.05, 3.63) is 52.3 Å². The van der Waals surface area contributed by atoms with Gasteiger partial charge in [0.05, 0.1) is 0 Å². The van der Waals surface area contributed by atoms with Gasteiger partial charge in [0, 0.05) is 37.4 Å². The highest BCUT2D eigenvalue weighted by molar-refractivity contribution is 7.89. The number of benzene rings is 1. The molecule has 0 aliphatic carbocycles. The Bertz CT molecular complexity index is 946. The van der Waals surface area contributed by atoms with Gasteiger partial charge < -0.3 is 9.88 Å². The molecule has 2 heterocycles. The van der Waals surface area contributed by atoms with Crippen LogP contribution in [0.2, 0.25) is 5.02 Å². The van der Waals surface area contributed by atoms with Crippen LogP contribution in [0.1, 0.15) is 41.0 Å². The summed E-state index contributed by atoms with van der Waals surface area (Å²) in [5, 5.41) is 3.55. The Balaban J connectivity index is 1.71. The van der Waals surface area contributed by atoms with Crippen LogP contribution in [0, 0.1) is 6.92 Å². The van der Waals surface area contributed by atoms with E-state index in [0.717, 1.165) is 24.8 Å². The molecule has 1 fully saturated rings. The van der Waals surface area contributed by atoms with Crippen LogP contribution in [0.25, 0.3) is 0 Å². The number of amides is 1. The van der Waals surface area contributed by atoms with Gasteiger partial charge in [0.2, 0.25) is 10.0 Å². The molecule has 28 heavy (non-hydrogen) atoms. The van der Waals surface area contributed by atoms with E-state index < -0.39 is 10.0 Å². The summed E-state index contributed by atoms with van der Waals surface area (Å²) in [5.74, 6) is -0.278. The van der Waals surface area contributed by atoms with Gasteiger partial charge in [0.25, 0.3) is 5.91 Å². The SMILES string of the molecule is Cc1c(S(=O)(=O)N2CCCCC2)cc(C(=O)NCCc2ccc(Cl)cc2)n1C. The van der Waals surface area contributed by atoms with Gasteiger partial charge in [-0.25, -0.2) is 8.42 Å². The molecular weight excluding hydrogens is 398 g/mol. The first-order valence-electron chi connectivity index (χ1n) is 9.50. The molecule has 6 nitrogen and oxygen atoms in total. The van der Waals surface area contributed by atoms with Crippen molar-refractivity contribution in [3.8, 4) is 0 Å². The number of sulfonamides is 1. The average Bonchev–Trinajstić information content (AvgIpc) is 3.00. The Labute approximate surface area is 171 Å². The summed E-state index contributed by atoms with van der Waals surface area (Å²) < 4.78 is 29.2. The Morgan fingerprint density at radius 1 is 1.14 bits per heavy atom. The maximum atomic E-state index is 13.0. The van der Waals surface area contributed by atoms with Crippen LogP contribution in [0.4, 0.5) is 0 Å². The molecule has 1 aliphatic heterocycles. The van der Waals surface area contributed by atoms with Crippen molar-refractivity contribution < 1.29 is 13.2 Å². The van der Waals surface area contributed by atoms with E-state index in [4.69, 9.17) is 11.6 Å². The van der Waals surface area contributed by atoms with Crippen LogP contribution in [0.5, 0.6) is 0 Å². The monoisotopic (exact) mass is 423 g/mol. The number of piperidine rings is 1. The van der Waals surface area contributed by atoms with Gasteiger partial charge in [-0.05, 0) is 49.9 Å². The smallest absolute Gasteiger partial charge is 0.267 e. The first kappa shape index (κ1) is 20.9. The van der Waals surface area contributed by atoms with E-state index in [9.17, 15) is 13.2 Å². The lowest BCUT2D eigenvalue weighted by molar-refractivity contribution is 0.0946. The number of nitrogens with zero attached hydrogens (tertiary/aromatic N) is 2. The van der Waals surface area contributed by atoms with E-state index in [1.807, 2.05) is 24.3 Å². The third-order valence-electron chi connectivity index (χ3n) is 5.27. The number of hydrogen-bond acceptors (Lipinski definition) is 3. The third kappa shape index (κ3) is 4.42. The highest BCUT2D eigenvalue weighted by Crippen LogP contribution is 2.25. The maximum Gasteiger partial charge on any atom is 0.267 e. The number of nitrogens with one attached hydrogen (secondary N) is 1. The summed E-state index contributed by atoms with van der Waals surface area (Å²) in [6, 6.07) is 8.97. The van der Waals surface area contributed by atoms with Crippen molar-refractivity contribution >= 4 is 27.5 Å². The maximum absolute atomic E-state index is 13.0. The second kappa shape index (κ2) is 8.68. The number of halogens is 1.